The van der Waals surface area contributed by atoms with Gasteiger partial charge in [0.25, 0.3) is 5.91 Å². The minimum Gasteiger partial charge on any atom is -0.457 e. The molecule has 2 aromatic heterocycles. The number of ether oxygens (including phenoxy) is 1. The van der Waals surface area contributed by atoms with Crippen molar-refractivity contribution in [2.24, 2.45) is 7.05 Å². The lowest BCUT2D eigenvalue weighted by molar-refractivity contribution is 0.0958. The van der Waals surface area contributed by atoms with Crippen molar-refractivity contribution in [1.29, 1.82) is 0 Å². The second-order valence-corrected chi connectivity index (χ2v) is 6.00. The quantitative estimate of drug-likeness (QED) is 0.747. The number of benzene rings is 1. The SMILES string of the molecule is CNC(=O)c1cc(Oc2ccc3c(c2)nc(NC(C)C)n3C)ccn1. The van der Waals surface area contributed by atoms with E-state index < -0.39 is 0 Å². The first-order valence-electron chi connectivity index (χ1n) is 8.07. The lowest BCUT2D eigenvalue weighted by atomic mass is 10.3. The van der Waals surface area contributed by atoms with Crippen LogP contribution in [0.5, 0.6) is 11.5 Å². The van der Waals surface area contributed by atoms with E-state index in [-0.39, 0.29) is 5.91 Å². The van der Waals surface area contributed by atoms with Gasteiger partial charge in [0.15, 0.2) is 0 Å². The molecule has 3 aromatic rings. The second-order valence-electron chi connectivity index (χ2n) is 6.00. The molecule has 0 saturated heterocycles. The molecule has 7 nitrogen and oxygen atoms in total. The van der Waals surface area contributed by atoms with Crippen LogP contribution in [-0.4, -0.2) is 33.5 Å². The molecule has 0 radical (unpaired) electrons. The Morgan fingerprint density at radius 3 is 2.68 bits per heavy atom. The minimum atomic E-state index is -0.255. The average Bonchev–Trinajstić information content (AvgIpc) is 2.89. The molecule has 3 rings (SSSR count). The van der Waals surface area contributed by atoms with Crippen LogP contribution in [0.4, 0.5) is 5.95 Å². The van der Waals surface area contributed by atoms with E-state index >= 15 is 0 Å². The van der Waals surface area contributed by atoms with Gasteiger partial charge in [0.2, 0.25) is 5.95 Å². The Balaban J connectivity index is 1.88. The number of hydrogen-bond donors (Lipinski definition) is 2. The van der Waals surface area contributed by atoms with Gasteiger partial charge in [-0.2, -0.15) is 0 Å². The Morgan fingerprint density at radius 2 is 1.96 bits per heavy atom. The number of nitrogens with one attached hydrogen (secondary N) is 2. The molecule has 130 valence electrons. The molecule has 0 aliphatic heterocycles. The topological polar surface area (TPSA) is 81.1 Å². The van der Waals surface area contributed by atoms with E-state index in [0.717, 1.165) is 17.0 Å². The van der Waals surface area contributed by atoms with Gasteiger partial charge in [-0.05, 0) is 32.0 Å². The lowest BCUT2D eigenvalue weighted by Gasteiger charge is -2.08. The number of imidazole rings is 1. The highest BCUT2D eigenvalue weighted by atomic mass is 16.5. The number of anilines is 1. The first-order chi connectivity index (χ1) is 12.0. The molecule has 0 bridgehead atoms. The van der Waals surface area contributed by atoms with Crippen molar-refractivity contribution in [3.63, 3.8) is 0 Å². The Hall–Kier alpha value is -3.09. The molecular formula is C18H21N5O2. The van der Waals surface area contributed by atoms with E-state index in [1.807, 2.05) is 29.8 Å². The van der Waals surface area contributed by atoms with E-state index in [2.05, 4.69) is 34.4 Å². The van der Waals surface area contributed by atoms with Gasteiger partial charge in [-0.3, -0.25) is 9.78 Å². The molecule has 7 heteroatoms. The molecule has 0 spiro atoms. The summed E-state index contributed by atoms with van der Waals surface area (Å²) < 4.78 is 7.87. The highest BCUT2D eigenvalue weighted by molar-refractivity contribution is 5.92. The van der Waals surface area contributed by atoms with Crippen molar-refractivity contribution in [2.75, 3.05) is 12.4 Å². The molecule has 0 unspecified atom stereocenters. The Morgan fingerprint density at radius 1 is 1.20 bits per heavy atom. The zero-order chi connectivity index (χ0) is 18.0. The molecule has 25 heavy (non-hydrogen) atoms. The number of pyridine rings is 1. The largest absolute Gasteiger partial charge is 0.457 e. The van der Waals surface area contributed by atoms with E-state index in [0.29, 0.717) is 23.2 Å². The highest BCUT2D eigenvalue weighted by Gasteiger charge is 2.11. The molecule has 2 N–H and O–H groups in total. The molecule has 1 amide bonds. The molecular weight excluding hydrogens is 318 g/mol. The molecule has 0 fully saturated rings. The van der Waals surface area contributed by atoms with Crippen LogP contribution in [0, 0.1) is 0 Å². The summed E-state index contributed by atoms with van der Waals surface area (Å²) in [6, 6.07) is 9.33. The molecule has 2 heterocycles. The number of rotatable bonds is 5. The van der Waals surface area contributed by atoms with E-state index in [9.17, 15) is 4.79 Å². The fourth-order valence-electron chi connectivity index (χ4n) is 2.49. The second kappa shape index (κ2) is 6.80. The number of amides is 1. The number of carbonyl (C=O) groups is 1. The summed E-state index contributed by atoms with van der Waals surface area (Å²) in [4.78, 5) is 20.3. The number of fused-ring (bicyclic) bond motifs is 1. The molecule has 0 saturated carbocycles. The molecule has 0 aliphatic carbocycles. The van der Waals surface area contributed by atoms with Crippen LogP contribution in [-0.2, 0) is 7.05 Å². The summed E-state index contributed by atoms with van der Waals surface area (Å²) in [7, 11) is 3.54. The van der Waals surface area contributed by atoms with Crippen molar-refractivity contribution in [2.45, 2.75) is 19.9 Å². The summed E-state index contributed by atoms with van der Waals surface area (Å²) >= 11 is 0. The van der Waals surface area contributed by atoms with Gasteiger partial charge in [0, 0.05) is 38.5 Å². The normalized spacial score (nSPS) is 10.9. The van der Waals surface area contributed by atoms with Crippen molar-refractivity contribution >= 4 is 22.9 Å². The van der Waals surface area contributed by atoms with Gasteiger partial charge in [-0.15, -0.1) is 0 Å². The van der Waals surface area contributed by atoms with E-state index in [1.54, 1.807) is 25.4 Å². The standard InChI is InChI=1S/C18H21N5O2/c1-11(2)21-18-22-14-9-12(5-6-16(14)23(18)4)25-13-7-8-20-15(10-13)17(24)19-3/h5-11H,1-4H3,(H,19,24)(H,21,22). The fourth-order valence-corrected chi connectivity index (χ4v) is 2.49. The smallest absolute Gasteiger partial charge is 0.269 e. The first kappa shape index (κ1) is 16.8. The number of aromatic nitrogens is 3. The van der Waals surface area contributed by atoms with Crippen LogP contribution >= 0.6 is 0 Å². The maximum atomic E-state index is 11.7. The fraction of sp³-hybridized carbons (Fsp3) is 0.278. The van der Waals surface area contributed by atoms with E-state index in [4.69, 9.17) is 4.74 Å². The van der Waals surface area contributed by atoms with Gasteiger partial charge in [-0.25, -0.2) is 4.98 Å². The summed E-state index contributed by atoms with van der Waals surface area (Å²) in [6.07, 6.45) is 1.55. The Labute approximate surface area is 146 Å². The predicted octanol–water partition coefficient (Wildman–Crippen LogP) is 2.94. The van der Waals surface area contributed by atoms with Crippen LogP contribution in [0.25, 0.3) is 11.0 Å². The van der Waals surface area contributed by atoms with Crippen LogP contribution in [0.15, 0.2) is 36.5 Å². The summed E-state index contributed by atoms with van der Waals surface area (Å²) in [6.45, 7) is 4.14. The van der Waals surface area contributed by atoms with Gasteiger partial charge >= 0.3 is 0 Å². The van der Waals surface area contributed by atoms with Crippen molar-refractivity contribution in [3.05, 3.63) is 42.2 Å². The zero-order valence-corrected chi connectivity index (χ0v) is 14.7. The monoisotopic (exact) mass is 339 g/mol. The maximum Gasteiger partial charge on any atom is 0.269 e. The van der Waals surface area contributed by atoms with Crippen molar-refractivity contribution in [1.82, 2.24) is 19.9 Å². The molecule has 0 aliphatic rings. The first-order valence-corrected chi connectivity index (χ1v) is 8.07. The predicted molar refractivity (Wildman–Crippen MR) is 97.2 cm³/mol. The zero-order valence-electron chi connectivity index (χ0n) is 14.7. The van der Waals surface area contributed by atoms with Gasteiger partial charge in [-0.1, -0.05) is 0 Å². The van der Waals surface area contributed by atoms with Crippen LogP contribution in [0.2, 0.25) is 0 Å². The number of aryl methyl sites for hydroxylation is 1. The third kappa shape index (κ3) is 3.55. The summed E-state index contributed by atoms with van der Waals surface area (Å²) in [5, 5.41) is 5.86. The highest BCUT2D eigenvalue weighted by Crippen LogP contribution is 2.27. The van der Waals surface area contributed by atoms with E-state index in [1.165, 1.54) is 0 Å². The Kier molecular flexibility index (Phi) is 4.56. The van der Waals surface area contributed by atoms with Crippen LogP contribution in [0.3, 0.4) is 0 Å². The third-order valence-electron chi connectivity index (χ3n) is 3.70. The third-order valence-corrected chi connectivity index (χ3v) is 3.70. The maximum absolute atomic E-state index is 11.7. The van der Waals surface area contributed by atoms with Crippen molar-refractivity contribution < 1.29 is 9.53 Å². The van der Waals surface area contributed by atoms with Crippen LogP contribution < -0.4 is 15.4 Å². The number of carbonyl (C=O) groups excluding carboxylic acids is 1. The lowest BCUT2D eigenvalue weighted by Crippen LogP contribution is -2.18. The molecule has 1 aromatic carbocycles. The molecule has 0 atom stereocenters. The van der Waals surface area contributed by atoms with Gasteiger partial charge in [0.1, 0.15) is 17.2 Å². The number of hydrogen-bond acceptors (Lipinski definition) is 5. The van der Waals surface area contributed by atoms with Crippen LogP contribution in [0.1, 0.15) is 24.3 Å². The summed E-state index contributed by atoms with van der Waals surface area (Å²) in [5.41, 5.74) is 2.15. The Bertz CT molecular complexity index is 917. The average molecular weight is 339 g/mol. The summed E-state index contributed by atoms with van der Waals surface area (Å²) in [5.74, 6) is 1.75. The van der Waals surface area contributed by atoms with Crippen molar-refractivity contribution in [3.8, 4) is 11.5 Å². The number of nitrogens with zero attached hydrogens (tertiary/aromatic N) is 3. The van der Waals surface area contributed by atoms with Gasteiger partial charge in [0.05, 0.1) is 11.0 Å². The minimum absolute atomic E-state index is 0.255. The van der Waals surface area contributed by atoms with Gasteiger partial charge < -0.3 is 19.9 Å².